The first-order valence-electron chi connectivity index (χ1n) is 8.11. The van der Waals surface area contributed by atoms with E-state index in [1.807, 2.05) is 0 Å². The minimum absolute atomic E-state index is 0.0647. The molecule has 0 bridgehead atoms. The molecule has 0 unspecified atom stereocenters. The third-order valence-corrected chi connectivity index (χ3v) is 4.35. The summed E-state index contributed by atoms with van der Waals surface area (Å²) in [6.07, 6.45) is 1.96. The van der Waals surface area contributed by atoms with Crippen LogP contribution in [0.4, 0.5) is 4.39 Å². The lowest BCUT2D eigenvalue weighted by Gasteiger charge is -2.33. The average Bonchev–Trinajstić information content (AvgIpc) is 3.35. The Morgan fingerprint density at radius 1 is 1.29 bits per heavy atom. The van der Waals surface area contributed by atoms with Crippen LogP contribution in [0, 0.1) is 5.82 Å². The number of aromatic nitrogens is 4. The number of carbonyl (C=O) groups is 1. The Balaban J connectivity index is 1.39. The minimum Gasteiger partial charge on any atom is -0.370 e. The number of halogens is 1. The quantitative estimate of drug-likeness (QED) is 0.844. The van der Waals surface area contributed by atoms with E-state index in [4.69, 9.17) is 4.74 Å². The second-order valence-corrected chi connectivity index (χ2v) is 6.20. The van der Waals surface area contributed by atoms with Crippen LogP contribution in [0.5, 0.6) is 0 Å². The van der Waals surface area contributed by atoms with Crippen LogP contribution >= 0.6 is 0 Å². The van der Waals surface area contributed by atoms with E-state index in [1.165, 1.54) is 16.9 Å². The SMILES string of the molecule is O=C(Cn1nnc(C2CC2)n1)N1CCO[C@@H](c2ccc(F)cc2)C1. The molecule has 1 atom stereocenters. The zero-order chi connectivity index (χ0) is 16.5. The molecule has 1 aliphatic heterocycles. The molecular formula is C16H18FN5O2. The van der Waals surface area contributed by atoms with E-state index in [9.17, 15) is 9.18 Å². The number of benzene rings is 1. The van der Waals surface area contributed by atoms with Gasteiger partial charge in [-0.05, 0) is 35.8 Å². The first-order chi connectivity index (χ1) is 11.7. The Labute approximate surface area is 138 Å². The smallest absolute Gasteiger partial charge is 0.246 e. The third-order valence-electron chi connectivity index (χ3n) is 4.35. The Morgan fingerprint density at radius 2 is 2.08 bits per heavy atom. The summed E-state index contributed by atoms with van der Waals surface area (Å²) in [5, 5.41) is 12.2. The molecule has 1 saturated heterocycles. The first kappa shape index (κ1) is 15.2. The second kappa shape index (κ2) is 6.27. The summed E-state index contributed by atoms with van der Waals surface area (Å²) in [5.41, 5.74) is 0.865. The number of carbonyl (C=O) groups excluding carboxylic acids is 1. The summed E-state index contributed by atoms with van der Waals surface area (Å²) in [7, 11) is 0. The standard InChI is InChI=1S/C16H18FN5O2/c17-13-5-3-11(4-6-13)14-9-21(7-8-24-14)15(23)10-22-19-16(18-20-22)12-1-2-12/h3-6,12,14H,1-2,7-10H2/t14-/m1/s1. The van der Waals surface area contributed by atoms with Crippen molar-refractivity contribution in [2.24, 2.45) is 0 Å². The van der Waals surface area contributed by atoms with Crippen molar-refractivity contribution in [3.8, 4) is 0 Å². The van der Waals surface area contributed by atoms with E-state index >= 15 is 0 Å². The van der Waals surface area contributed by atoms with Crippen LogP contribution in [0.1, 0.15) is 36.3 Å². The Bertz CT molecular complexity index is 728. The van der Waals surface area contributed by atoms with Gasteiger partial charge in [-0.1, -0.05) is 12.1 Å². The van der Waals surface area contributed by atoms with E-state index in [0.29, 0.717) is 25.6 Å². The molecule has 2 aromatic rings. The predicted octanol–water partition coefficient (Wildman–Crippen LogP) is 1.29. The van der Waals surface area contributed by atoms with Crippen LogP contribution in [-0.2, 0) is 16.1 Å². The fourth-order valence-corrected chi connectivity index (χ4v) is 2.80. The average molecular weight is 331 g/mol. The van der Waals surface area contributed by atoms with Crippen LogP contribution < -0.4 is 0 Å². The van der Waals surface area contributed by atoms with Gasteiger partial charge in [-0.25, -0.2) is 4.39 Å². The lowest BCUT2D eigenvalue weighted by molar-refractivity contribution is -0.140. The molecule has 2 fully saturated rings. The van der Waals surface area contributed by atoms with Gasteiger partial charge in [0.2, 0.25) is 5.91 Å². The van der Waals surface area contributed by atoms with Gasteiger partial charge in [0.05, 0.1) is 13.2 Å². The molecule has 24 heavy (non-hydrogen) atoms. The Morgan fingerprint density at radius 3 is 2.83 bits per heavy atom. The normalized spacial score (nSPS) is 21.0. The molecule has 1 amide bonds. The minimum atomic E-state index is -0.286. The van der Waals surface area contributed by atoms with Crippen LogP contribution in [0.3, 0.4) is 0 Å². The highest BCUT2D eigenvalue weighted by Gasteiger charge is 2.29. The molecule has 0 spiro atoms. The summed E-state index contributed by atoms with van der Waals surface area (Å²) in [6, 6.07) is 6.18. The van der Waals surface area contributed by atoms with E-state index in [2.05, 4.69) is 15.4 Å². The van der Waals surface area contributed by atoms with Gasteiger partial charge in [-0.3, -0.25) is 4.79 Å². The molecule has 7 nitrogen and oxygen atoms in total. The molecule has 1 saturated carbocycles. The fourth-order valence-electron chi connectivity index (χ4n) is 2.80. The zero-order valence-electron chi connectivity index (χ0n) is 13.1. The highest BCUT2D eigenvalue weighted by Crippen LogP contribution is 2.37. The monoisotopic (exact) mass is 331 g/mol. The van der Waals surface area contributed by atoms with Crippen molar-refractivity contribution in [2.75, 3.05) is 19.7 Å². The highest BCUT2D eigenvalue weighted by molar-refractivity contribution is 5.75. The van der Waals surface area contributed by atoms with Crippen LogP contribution in [0.15, 0.2) is 24.3 Å². The van der Waals surface area contributed by atoms with E-state index in [-0.39, 0.29) is 24.4 Å². The molecule has 1 aromatic heterocycles. The largest absolute Gasteiger partial charge is 0.370 e. The lowest BCUT2D eigenvalue weighted by atomic mass is 10.1. The number of morpholine rings is 1. The van der Waals surface area contributed by atoms with E-state index < -0.39 is 0 Å². The maximum absolute atomic E-state index is 13.0. The number of amides is 1. The van der Waals surface area contributed by atoms with Gasteiger partial charge >= 0.3 is 0 Å². The molecule has 2 aliphatic rings. The van der Waals surface area contributed by atoms with Crippen LogP contribution in [0.25, 0.3) is 0 Å². The summed E-state index contributed by atoms with van der Waals surface area (Å²) in [5.74, 6) is 0.797. The molecule has 1 aromatic carbocycles. The Kier molecular flexibility index (Phi) is 3.97. The molecule has 2 heterocycles. The van der Waals surface area contributed by atoms with Gasteiger partial charge in [0.1, 0.15) is 18.5 Å². The summed E-state index contributed by atoms with van der Waals surface area (Å²) >= 11 is 0. The number of hydrogen-bond donors (Lipinski definition) is 0. The maximum Gasteiger partial charge on any atom is 0.246 e. The zero-order valence-corrected chi connectivity index (χ0v) is 13.1. The van der Waals surface area contributed by atoms with Crippen molar-refractivity contribution in [1.82, 2.24) is 25.1 Å². The van der Waals surface area contributed by atoms with Gasteiger partial charge in [0, 0.05) is 12.5 Å². The Hall–Kier alpha value is -2.35. The number of hydrogen-bond acceptors (Lipinski definition) is 5. The van der Waals surface area contributed by atoms with Crippen molar-refractivity contribution in [3.05, 3.63) is 41.5 Å². The number of ether oxygens (including phenoxy) is 1. The molecule has 4 rings (SSSR count). The van der Waals surface area contributed by atoms with Crippen molar-refractivity contribution >= 4 is 5.91 Å². The third kappa shape index (κ3) is 3.28. The molecule has 0 N–H and O–H groups in total. The van der Waals surface area contributed by atoms with Crippen molar-refractivity contribution in [2.45, 2.75) is 31.4 Å². The van der Waals surface area contributed by atoms with Crippen molar-refractivity contribution in [3.63, 3.8) is 0 Å². The van der Waals surface area contributed by atoms with Gasteiger partial charge < -0.3 is 9.64 Å². The fraction of sp³-hybridized carbons (Fsp3) is 0.500. The molecule has 1 aliphatic carbocycles. The molecule has 8 heteroatoms. The van der Waals surface area contributed by atoms with Gasteiger partial charge in [-0.15, -0.1) is 10.2 Å². The molecule has 126 valence electrons. The van der Waals surface area contributed by atoms with Crippen molar-refractivity contribution < 1.29 is 13.9 Å². The highest BCUT2D eigenvalue weighted by atomic mass is 19.1. The number of rotatable bonds is 4. The van der Waals surface area contributed by atoms with Gasteiger partial charge in [0.25, 0.3) is 0 Å². The van der Waals surface area contributed by atoms with Crippen molar-refractivity contribution in [1.29, 1.82) is 0 Å². The summed E-state index contributed by atoms with van der Waals surface area (Å²) in [4.78, 5) is 15.6. The molecular weight excluding hydrogens is 313 g/mol. The summed E-state index contributed by atoms with van der Waals surface area (Å²) in [6.45, 7) is 1.50. The van der Waals surface area contributed by atoms with Gasteiger partial charge in [0.15, 0.2) is 5.82 Å². The second-order valence-electron chi connectivity index (χ2n) is 6.20. The number of tetrazole rings is 1. The van der Waals surface area contributed by atoms with E-state index in [1.54, 1.807) is 17.0 Å². The first-order valence-corrected chi connectivity index (χ1v) is 8.11. The topological polar surface area (TPSA) is 73.1 Å². The van der Waals surface area contributed by atoms with Gasteiger partial charge in [-0.2, -0.15) is 4.80 Å². The van der Waals surface area contributed by atoms with Crippen LogP contribution in [0.2, 0.25) is 0 Å². The maximum atomic E-state index is 13.0. The number of nitrogens with zero attached hydrogens (tertiary/aromatic N) is 5. The van der Waals surface area contributed by atoms with Crippen LogP contribution in [-0.4, -0.2) is 50.7 Å². The lowest BCUT2D eigenvalue weighted by Crippen LogP contribution is -2.43. The summed E-state index contributed by atoms with van der Waals surface area (Å²) < 4.78 is 18.7. The van der Waals surface area contributed by atoms with E-state index in [0.717, 1.165) is 24.2 Å². The molecule has 0 radical (unpaired) electrons. The predicted molar refractivity (Wildman–Crippen MR) is 81.5 cm³/mol.